The first-order valence-corrected chi connectivity index (χ1v) is 9.21. The van der Waals surface area contributed by atoms with Gasteiger partial charge in [0.25, 0.3) is 11.5 Å². The molecule has 0 saturated heterocycles. The van der Waals surface area contributed by atoms with Crippen LogP contribution in [0.1, 0.15) is 21.5 Å². The minimum Gasteiger partial charge on any atom is -0.405 e. The third-order valence-electron chi connectivity index (χ3n) is 4.23. The fourth-order valence-corrected chi connectivity index (χ4v) is 2.95. The van der Waals surface area contributed by atoms with Gasteiger partial charge in [-0.05, 0) is 17.7 Å². The van der Waals surface area contributed by atoms with E-state index in [1.807, 2.05) is 0 Å². The predicted octanol–water partition coefficient (Wildman–Crippen LogP) is 3.07. The second-order valence-corrected chi connectivity index (χ2v) is 6.74. The van der Waals surface area contributed by atoms with Gasteiger partial charge >= 0.3 is 12.1 Å². The summed E-state index contributed by atoms with van der Waals surface area (Å²) in [7, 11) is 0. The number of nitrogens with one attached hydrogen (secondary N) is 2. The summed E-state index contributed by atoms with van der Waals surface area (Å²) in [6.45, 7) is -0.509. The van der Waals surface area contributed by atoms with Crippen molar-refractivity contribution in [2.24, 2.45) is 0 Å². The molecule has 2 aromatic carbocycles. The normalized spacial score (nSPS) is 11.2. The fourth-order valence-electron chi connectivity index (χ4n) is 2.76. The minimum atomic E-state index is -4.90. The van der Waals surface area contributed by atoms with Crippen molar-refractivity contribution in [3.05, 3.63) is 97.3 Å². The van der Waals surface area contributed by atoms with Crippen LogP contribution in [-0.4, -0.2) is 21.8 Å². The average molecular weight is 454 g/mol. The van der Waals surface area contributed by atoms with Gasteiger partial charge in [-0.2, -0.15) is 0 Å². The maximum Gasteiger partial charge on any atom is 0.573 e. The predicted molar refractivity (Wildman–Crippen MR) is 106 cm³/mol. The smallest absolute Gasteiger partial charge is 0.405 e. The maximum atomic E-state index is 12.7. The molecule has 31 heavy (non-hydrogen) atoms. The van der Waals surface area contributed by atoms with Crippen molar-refractivity contribution < 1.29 is 22.7 Å². The molecule has 0 unspecified atom stereocenters. The van der Waals surface area contributed by atoms with E-state index in [2.05, 4.69) is 15.0 Å². The number of halogens is 4. The van der Waals surface area contributed by atoms with Crippen molar-refractivity contribution in [1.29, 1.82) is 0 Å². The van der Waals surface area contributed by atoms with Gasteiger partial charge in [0.05, 0.1) is 6.54 Å². The van der Waals surface area contributed by atoms with Crippen molar-refractivity contribution in [1.82, 2.24) is 14.9 Å². The van der Waals surface area contributed by atoms with Crippen molar-refractivity contribution >= 4 is 17.5 Å². The number of amides is 1. The molecule has 3 aromatic rings. The Bertz CT molecular complexity index is 1220. The number of ether oxygens (including phenoxy) is 1. The second-order valence-electron chi connectivity index (χ2n) is 6.33. The molecular weight excluding hydrogens is 439 g/mol. The number of rotatable bonds is 6. The van der Waals surface area contributed by atoms with Gasteiger partial charge in [0, 0.05) is 23.3 Å². The van der Waals surface area contributed by atoms with Crippen LogP contribution in [0.15, 0.2) is 64.3 Å². The van der Waals surface area contributed by atoms with E-state index in [1.165, 1.54) is 18.2 Å². The van der Waals surface area contributed by atoms with Crippen LogP contribution in [0.2, 0.25) is 5.02 Å². The summed E-state index contributed by atoms with van der Waals surface area (Å²) in [5.74, 6) is -1.36. The number of carbonyl (C=O) groups is 1. The molecule has 1 heterocycles. The van der Waals surface area contributed by atoms with E-state index in [-0.39, 0.29) is 24.2 Å². The Hall–Kier alpha value is -3.53. The molecule has 2 N–H and O–H groups in total. The molecule has 0 aliphatic carbocycles. The lowest BCUT2D eigenvalue weighted by Crippen LogP contribution is -2.40. The highest BCUT2D eigenvalue weighted by atomic mass is 35.5. The molecule has 0 atom stereocenters. The van der Waals surface area contributed by atoms with Crippen LogP contribution < -0.4 is 21.3 Å². The van der Waals surface area contributed by atoms with E-state index in [4.69, 9.17) is 11.6 Å². The lowest BCUT2D eigenvalue weighted by atomic mass is 10.2. The van der Waals surface area contributed by atoms with E-state index in [9.17, 15) is 27.6 Å². The third-order valence-corrected chi connectivity index (χ3v) is 4.60. The van der Waals surface area contributed by atoms with E-state index >= 15 is 0 Å². The van der Waals surface area contributed by atoms with Crippen molar-refractivity contribution in [3.63, 3.8) is 0 Å². The molecule has 0 saturated carbocycles. The number of alkyl halides is 3. The van der Waals surface area contributed by atoms with Crippen LogP contribution in [0.3, 0.4) is 0 Å². The van der Waals surface area contributed by atoms with Gasteiger partial charge in [0.2, 0.25) is 0 Å². The first kappa shape index (κ1) is 22.2. The Morgan fingerprint density at radius 3 is 2.39 bits per heavy atom. The topological polar surface area (TPSA) is 93.2 Å². The highest BCUT2D eigenvalue weighted by Gasteiger charge is 2.32. The molecule has 162 valence electrons. The highest BCUT2D eigenvalue weighted by molar-refractivity contribution is 6.31. The van der Waals surface area contributed by atoms with Crippen LogP contribution in [0.4, 0.5) is 13.2 Å². The number of nitrogens with zero attached hydrogens (tertiary/aromatic N) is 1. The summed E-state index contributed by atoms with van der Waals surface area (Å²) in [5.41, 5.74) is -1.46. The number of aromatic nitrogens is 2. The van der Waals surface area contributed by atoms with E-state index in [1.54, 1.807) is 24.3 Å². The van der Waals surface area contributed by atoms with Crippen molar-refractivity contribution in [3.8, 4) is 5.75 Å². The van der Waals surface area contributed by atoms with Crippen LogP contribution in [0.5, 0.6) is 5.75 Å². The summed E-state index contributed by atoms with van der Waals surface area (Å²) < 4.78 is 42.3. The molecule has 0 aliphatic rings. The Kier molecular flexibility index (Phi) is 6.50. The monoisotopic (exact) mass is 453 g/mol. The molecule has 0 radical (unpaired) electrons. The summed E-state index contributed by atoms with van der Waals surface area (Å²) in [6.07, 6.45) is -3.95. The third kappa shape index (κ3) is 5.54. The fraction of sp³-hybridized carbons (Fsp3) is 0.150. The lowest BCUT2D eigenvalue weighted by molar-refractivity contribution is -0.274. The number of benzene rings is 2. The number of carbonyl (C=O) groups excluding carboxylic acids is 1. The molecule has 1 aromatic heterocycles. The van der Waals surface area contributed by atoms with Gasteiger partial charge in [-0.25, -0.2) is 4.79 Å². The Balaban J connectivity index is 1.82. The SMILES string of the molecule is O=C(NCc1ccccc1OC(F)(F)F)c1c[nH]c(=O)n(Cc2ccccc2Cl)c1=O. The number of aromatic amines is 1. The van der Waals surface area contributed by atoms with Crippen molar-refractivity contribution in [2.75, 3.05) is 0 Å². The molecule has 1 amide bonds. The zero-order valence-corrected chi connectivity index (χ0v) is 16.5. The van der Waals surface area contributed by atoms with Gasteiger partial charge in [-0.1, -0.05) is 48.0 Å². The molecule has 0 aliphatic heterocycles. The molecule has 0 fully saturated rings. The second kappa shape index (κ2) is 9.09. The molecule has 0 spiro atoms. The zero-order valence-electron chi connectivity index (χ0n) is 15.7. The number of hydrogen-bond donors (Lipinski definition) is 2. The van der Waals surface area contributed by atoms with Gasteiger partial charge in [-0.15, -0.1) is 13.2 Å². The first-order chi connectivity index (χ1) is 14.7. The minimum absolute atomic E-state index is 0.0500. The average Bonchev–Trinajstić information content (AvgIpc) is 2.70. The number of para-hydroxylation sites is 1. The molecule has 11 heteroatoms. The van der Waals surface area contributed by atoms with Crippen LogP contribution in [-0.2, 0) is 13.1 Å². The molecule has 0 bridgehead atoms. The Labute approximate surface area is 178 Å². The summed E-state index contributed by atoms with van der Waals surface area (Å²) in [5, 5.41) is 2.69. The van der Waals surface area contributed by atoms with E-state index in [0.29, 0.717) is 10.6 Å². The van der Waals surface area contributed by atoms with Gasteiger partial charge < -0.3 is 15.0 Å². The maximum absolute atomic E-state index is 12.7. The van der Waals surface area contributed by atoms with E-state index < -0.39 is 29.3 Å². The highest BCUT2D eigenvalue weighted by Crippen LogP contribution is 2.26. The number of H-pyrrole nitrogens is 1. The van der Waals surface area contributed by atoms with Gasteiger partial charge in [0.15, 0.2) is 0 Å². The van der Waals surface area contributed by atoms with E-state index in [0.717, 1.165) is 16.8 Å². The zero-order chi connectivity index (χ0) is 22.6. The molecule has 3 rings (SSSR count). The van der Waals surface area contributed by atoms with Crippen LogP contribution >= 0.6 is 11.6 Å². The largest absolute Gasteiger partial charge is 0.573 e. The van der Waals surface area contributed by atoms with Gasteiger partial charge in [0.1, 0.15) is 11.3 Å². The lowest BCUT2D eigenvalue weighted by Gasteiger charge is -2.13. The number of hydrogen-bond acceptors (Lipinski definition) is 4. The molecular formula is C20H15ClF3N3O4. The summed E-state index contributed by atoms with van der Waals surface area (Å²) >= 11 is 6.06. The Morgan fingerprint density at radius 1 is 1.06 bits per heavy atom. The Morgan fingerprint density at radius 2 is 1.71 bits per heavy atom. The van der Waals surface area contributed by atoms with Crippen molar-refractivity contribution in [2.45, 2.75) is 19.5 Å². The van der Waals surface area contributed by atoms with Gasteiger partial charge in [-0.3, -0.25) is 14.2 Å². The van der Waals surface area contributed by atoms with Crippen LogP contribution in [0, 0.1) is 0 Å². The quantitative estimate of drug-likeness (QED) is 0.600. The summed E-state index contributed by atoms with van der Waals surface area (Å²) in [4.78, 5) is 39.6. The summed E-state index contributed by atoms with van der Waals surface area (Å²) in [6, 6.07) is 11.8. The standard InChI is InChI=1S/C20H15ClF3N3O4/c21-15-7-3-1-6-13(15)11-27-18(29)14(10-26-19(27)30)17(28)25-9-12-5-2-4-8-16(12)31-20(22,23)24/h1-8,10H,9,11H2,(H,25,28)(H,26,30). The van der Waals surface area contributed by atoms with Crippen LogP contribution in [0.25, 0.3) is 0 Å². The molecule has 7 nitrogen and oxygen atoms in total. The first-order valence-electron chi connectivity index (χ1n) is 8.83.